The summed E-state index contributed by atoms with van der Waals surface area (Å²) in [5, 5.41) is 0. The molecule has 0 spiro atoms. The first kappa shape index (κ1) is 8.88. The van der Waals surface area contributed by atoms with Gasteiger partial charge in [0.05, 0.1) is 12.8 Å². The Hall–Kier alpha value is -1.70. The van der Waals surface area contributed by atoms with Crippen LogP contribution in [0.4, 0.5) is 0 Å². The fraction of sp³-hybridized carbons (Fsp3) is 0.167. The van der Waals surface area contributed by atoms with E-state index < -0.39 is 0 Å². The van der Waals surface area contributed by atoms with Crippen molar-refractivity contribution in [2.75, 3.05) is 6.61 Å². The molecular weight excluding hydrogens is 174 g/mol. The van der Waals surface area contributed by atoms with Gasteiger partial charge in [0, 0.05) is 11.9 Å². The van der Waals surface area contributed by atoms with Crippen LogP contribution in [-0.2, 0) is 0 Å². The molecule has 0 unspecified atom stereocenters. The van der Waals surface area contributed by atoms with Gasteiger partial charge in [-0.05, 0) is 25.1 Å². The van der Waals surface area contributed by atoms with Crippen molar-refractivity contribution in [2.45, 2.75) is 6.92 Å². The number of nitrogens with zero attached hydrogens (tertiary/aromatic N) is 1. The smallest absolute Gasteiger partial charge is 0.137 e. The fourth-order valence-electron chi connectivity index (χ4n) is 1.39. The Morgan fingerprint density at radius 3 is 2.64 bits per heavy atom. The molecule has 0 saturated carbocycles. The van der Waals surface area contributed by atoms with Gasteiger partial charge in [-0.15, -0.1) is 0 Å². The number of para-hydroxylation sites is 1. The van der Waals surface area contributed by atoms with Gasteiger partial charge in [-0.25, -0.2) is 0 Å². The minimum absolute atomic E-state index is 0.707. The maximum Gasteiger partial charge on any atom is 0.137 e. The lowest BCUT2D eigenvalue weighted by Gasteiger charge is -2.01. The Morgan fingerprint density at radius 2 is 1.93 bits per heavy atom. The predicted octanol–water partition coefficient (Wildman–Crippen LogP) is 2.88. The van der Waals surface area contributed by atoms with E-state index in [-0.39, 0.29) is 0 Å². The predicted molar refractivity (Wildman–Crippen MR) is 56.9 cm³/mol. The average molecular weight is 187 g/mol. The van der Waals surface area contributed by atoms with Gasteiger partial charge in [-0.3, -0.25) is 0 Å². The molecule has 0 aliphatic carbocycles. The van der Waals surface area contributed by atoms with Gasteiger partial charge in [-0.1, -0.05) is 18.2 Å². The van der Waals surface area contributed by atoms with Crippen molar-refractivity contribution >= 4 is 0 Å². The molecule has 2 nitrogen and oxygen atoms in total. The summed E-state index contributed by atoms with van der Waals surface area (Å²) < 4.78 is 7.43. The molecule has 0 aliphatic rings. The highest BCUT2D eigenvalue weighted by Gasteiger charge is 1.97. The lowest BCUT2D eigenvalue weighted by atomic mass is 10.3. The summed E-state index contributed by atoms with van der Waals surface area (Å²) in [5.74, 6) is 0.913. The Balaban J connectivity index is 2.25. The van der Waals surface area contributed by atoms with Gasteiger partial charge < -0.3 is 9.30 Å². The van der Waals surface area contributed by atoms with Gasteiger partial charge in [0.15, 0.2) is 0 Å². The van der Waals surface area contributed by atoms with Crippen molar-refractivity contribution in [3.8, 4) is 11.4 Å². The van der Waals surface area contributed by atoms with Gasteiger partial charge in [0.25, 0.3) is 0 Å². The molecule has 0 fully saturated rings. The quantitative estimate of drug-likeness (QED) is 0.720. The molecule has 2 rings (SSSR count). The monoisotopic (exact) mass is 187 g/mol. The van der Waals surface area contributed by atoms with Gasteiger partial charge in [0.2, 0.25) is 0 Å². The van der Waals surface area contributed by atoms with Crippen molar-refractivity contribution in [2.24, 2.45) is 0 Å². The molecule has 0 aliphatic heterocycles. The van der Waals surface area contributed by atoms with Crippen LogP contribution in [0.5, 0.6) is 5.75 Å². The first-order valence-corrected chi connectivity index (χ1v) is 4.76. The maximum atomic E-state index is 5.39. The largest absolute Gasteiger partial charge is 0.492 e. The summed E-state index contributed by atoms with van der Waals surface area (Å²) in [6.45, 7) is 2.69. The normalized spacial score (nSPS) is 10.1. The second-order valence-corrected chi connectivity index (χ2v) is 3.02. The number of rotatable bonds is 3. The van der Waals surface area contributed by atoms with E-state index in [0.717, 1.165) is 11.4 Å². The first-order chi connectivity index (χ1) is 6.90. The highest BCUT2D eigenvalue weighted by molar-refractivity contribution is 5.35. The Labute approximate surface area is 83.8 Å². The van der Waals surface area contributed by atoms with Crippen molar-refractivity contribution in [1.82, 2.24) is 4.57 Å². The molecule has 0 amide bonds. The van der Waals surface area contributed by atoms with Crippen LogP contribution in [0.3, 0.4) is 0 Å². The minimum Gasteiger partial charge on any atom is -0.492 e. The molecule has 1 heterocycles. The highest BCUT2D eigenvalue weighted by atomic mass is 16.5. The lowest BCUT2D eigenvalue weighted by Crippen LogP contribution is -1.90. The highest BCUT2D eigenvalue weighted by Crippen LogP contribution is 2.15. The van der Waals surface area contributed by atoms with Crippen molar-refractivity contribution in [3.63, 3.8) is 0 Å². The SMILES string of the molecule is CCOc1ccn(-c2ccccc2)c1. The number of aromatic nitrogens is 1. The van der Waals surface area contributed by atoms with Gasteiger partial charge >= 0.3 is 0 Å². The van der Waals surface area contributed by atoms with Crippen LogP contribution in [0.25, 0.3) is 5.69 Å². The van der Waals surface area contributed by atoms with Crippen LogP contribution < -0.4 is 4.74 Å². The fourth-order valence-corrected chi connectivity index (χ4v) is 1.39. The summed E-state index contributed by atoms with van der Waals surface area (Å²) in [6, 6.07) is 12.2. The zero-order chi connectivity index (χ0) is 9.80. The molecule has 0 saturated heterocycles. The molecule has 1 aromatic heterocycles. The van der Waals surface area contributed by atoms with E-state index in [1.807, 2.05) is 48.1 Å². The average Bonchev–Trinajstić information content (AvgIpc) is 2.68. The summed E-state index contributed by atoms with van der Waals surface area (Å²) >= 11 is 0. The molecule has 0 radical (unpaired) electrons. The van der Waals surface area contributed by atoms with E-state index in [1.165, 1.54) is 0 Å². The topological polar surface area (TPSA) is 14.2 Å². The maximum absolute atomic E-state index is 5.39. The molecule has 2 aromatic rings. The van der Waals surface area contributed by atoms with Crippen LogP contribution in [0.2, 0.25) is 0 Å². The molecule has 0 N–H and O–H groups in total. The molecule has 0 atom stereocenters. The van der Waals surface area contributed by atoms with Crippen molar-refractivity contribution in [3.05, 3.63) is 48.8 Å². The lowest BCUT2D eigenvalue weighted by molar-refractivity contribution is 0.340. The third kappa shape index (κ3) is 1.79. The second-order valence-electron chi connectivity index (χ2n) is 3.02. The third-order valence-electron chi connectivity index (χ3n) is 2.03. The molecule has 14 heavy (non-hydrogen) atoms. The minimum atomic E-state index is 0.707. The van der Waals surface area contributed by atoms with Gasteiger partial charge in [-0.2, -0.15) is 0 Å². The number of benzene rings is 1. The first-order valence-electron chi connectivity index (χ1n) is 4.76. The Bertz CT molecular complexity index is 392. The number of hydrogen-bond acceptors (Lipinski definition) is 1. The zero-order valence-electron chi connectivity index (χ0n) is 8.18. The van der Waals surface area contributed by atoms with Crippen molar-refractivity contribution < 1.29 is 4.74 Å². The van der Waals surface area contributed by atoms with E-state index in [0.29, 0.717) is 6.61 Å². The molecule has 72 valence electrons. The third-order valence-corrected chi connectivity index (χ3v) is 2.03. The van der Waals surface area contributed by atoms with Crippen LogP contribution in [0, 0.1) is 0 Å². The van der Waals surface area contributed by atoms with E-state index in [2.05, 4.69) is 12.1 Å². The number of ether oxygens (including phenoxy) is 1. The summed E-state index contributed by atoms with van der Waals surface area (Å²) in [7, 11) is 0. The second kappa shape index (κ2) is 4.01. The van der Waals surface area contributed by atoms with E-state index in [1.54, 1.807) is 0 Å². The number of hydrogen-bond donors (Lipinski definition) is 0. The zero-order valence-corrected chi connectivity index (χ0v) is 8.18. The summed E-state index contributed by atoms with van der Waals surface area (Å²) in [5.41, 5.74) is 1.15. The van der Waals surface area contributed by atoms with Crippen LogP contribution >= 0.6 is 0 Å². The molecule has 1 aromatic carbocycles. The van der Waals surface area contributed by atoms with Crippen LogP contribution in [0.1, 0.15) is 6.92 Å². The molecule has 2 heteroatoms. The van der Waals surface area contributed by atoms with Crippen molar-refractivity contribution in [1.29, 1.82) is 0 Å². The van der Waals surface area contributed by atoms with Crippen LogP contribution in [-0.4, -0.2) is 11.2 Å². The Morgan fingerprint density at radius 1 is 1.14 bits per heavy atom. The van der Waals surface area contributed by atoms with E-state index in [9.17, 15) is 0 Å². The summed E-state index contributed by atoms with van der Waals surface area (Å²) in [4.78, 5) is 0. The van der Waals surface area contributed by atoms with E-state index >= 15 is 0 Å². The molecular formula is C12H13NO. The van der Waals surface area contributed by atoms with Crippen LogP contribution in [0.15, 0.2) is 48.8 Å². The molecule has 0 bridgehead atoms. The standard InChI is InChI=1S/C12H13NO/c1-2-14-12-8-9-13(10-12)11-6-4-3-5-7-11/h3-10H,2H2,1H3. The summed E-state index contributed by atoms with van der Waals surface area (Å²) in [6.07, 6.45) is 3.99. The Kier molecular flexibility index (Phi) is 2.54. The van der Waals surface area contributed by atoms with Gasteiger partial charge in [0.1, 0.15) is 5.75 Å². The van der Waals surface area contributed by atoms with E-state index in [4.69, 9.17) is 4.74 Å².